The Balaban J connectivity index is 2.54. The Bertz CT molecular complexity index is 283. The van der Waals surface area contributed by atoms with Gasteiger partial charge in [0, 0.05) is 0 Å². The summed E-state index contributed by atoms with van der Waals surface area (Å²) in [6, 6.07) is 0. The van der Waals surface area contributed by atoms with Crippen LogP contribution in [0.15, 0.2) is 0 Å². The Kier molecular flexibility index (Phi) is 6.80. The van der Waals surface area contributed by atoms with Crippen LogP contribution in [0.1, 0.15) is 53.4 Å². The number of hydrogen-bond acceptors (Lipinski definition) is 4. The Labute approximate surface area is 117 Å². The molecule has 1 rings (SSSR count). The lowest BCUT2D eigenvalue weighted by molar-refractivity contribution is -0.155. The van der Waals surface area contributed by atoms with Gasteiger partial charge in [-0.2, -0.15) is 0 Å². The molecule has 0 spiro atoms. The molecule has 0 aromatic heterocycles. The van der Waals surface area contributed by atoms with E-state index in [1.165, 1.54) is 19.3 Å². The zero-order valence-electron chi connectivity index (χ0n) is 12.8. The highest BCUT2D eigenvalue weighted by Gasteiger charge is 2.36. The van der Waals surface area contributed by atoms with E-state index in [-0.39, 0.29) is 12.1 Å². The number of esters is 1. The molecule has 1 saturated carbocycles. The van der Waals surface area contributed by atoms with Crippen molar-refractivity contribution in [3.63, 3.8) is 0 Å². The van der Waals surface area contributed by atoms with Crippen LogP contribution in [0, 0.1) is 5.92 Å². The Morgan fingerprint density at radius 1 is 1.32 bits per heavy atom. The Hall–Kier alpha value is -0.610. The van der Waals surface area contributed by atoms with E-state index in [4.69, 9.17) is 9.47 Å². The predicted molar refractivity (Wildman–Crippen MR) is 76.1 cm³/mol. The minimum atomic E-state index is -0.734. The number of ether oxygens (including phenoxy) is 2. The van der Waals surface area contributed by atoms with Crippen LogP contribution in [0.25, 0.3) is 0 Å². The number of carbonyl (C=O) groups excluding carboxylic acids is 1. The lowest BCUT2D eigenvalue weighted by Gasteiger charge is -2.33. The van der Waals surface area contributed by atoms with Crippen LogP contribution < -0.4 is 5.32 Å². The zero-order valence-corrected chi connectivity index (χ0v) is 12.8. The molecule has 4 nitrogen and oxygen atoms in total. The third kappa shape index (κ3) is 4.77. The van der Waals surface area contributed by atoms with Gasteiger partial charge in [0.25, 0.3) is 0 Å². The fourth-order valence-corrected chi connectivity index (χ4v) is 2.67. The molecular formula is C15H29NO3. The molecule has 1 N–H and O–H groups in total. The molecule has 0 amide bonds. The van der Waals surface area contributed by atoms with Gasteiger partial charge in [0.2, 0.25) is 0 Å². The van der Waals surface area contributed by atoms with Gasteiger partial charge in [0.15, 0.2) is 0 Å². The maximum absolute atomic E-state index is 12.0. The normalized spacial score (nSPS) is 26.7. The van der Waals surface area contributed by atoms with Gasteiger partial charge in [-0.05, 0) is 39.2 Å². The molecule has 0 aliphatic heterocycles. The molecule has 3 unspecified atom stereocenters. The molecule has 0 saturated heterocycles. The van der Waals surface area contributed by atoms with Gasteiger partial charge in [-0.15, -0.1) is 0 Å². The van der Waals surface area contributed by atoms with Crippen molar-refractivity contribution >= 4 is 5.97 Å². The first-order chi connectivity index (χ1) is 9.03. The maximum atomic E-state index is 12.0. The van der Waals surface area contributed by atoms with Crippen molar-refractivity contribution in [1.29, 1.82) is 0 Å². The van der Waals surface area contributed by atoms with Crippen molar-refractivity contribution in [2.45, 2.75) is 65.0 Å². The van der Waals surface area contributed by atoms with Crippen LogP contribution in [0.4, 0.5) is 0 Å². The van der Waals surface area contributed by atoms with E-state index in [2.05, 4.69) is 12.2 Å². The van der Waals surface area contributed by atoms with Crippen LogP contribution in [0.2, 0.25) is 0 Å². The Morgan fingerprint density at radius 2 is 2.00 bits per heavy atom. The van der Waals surface area contributed by atoms with E-state index < -0.39 is 5.54 Å². The molecule has 0 aromatic rings. The molecule has 0 radical (unpaired) electrons. The molecule has 112 valence electrons. The monoisotopic (exact) mass is 271 g/mol. The molecule has 1 aliphatic rings. The van der Waals surface area contributed by atoms with Crippen molar-refractivity contribution in [2.24, 2.45) is 5.92 Å². The number of hydrogen-bond donors (Lipinski definition) is 1. The van der Waals surface area contributed by atoms with Crippen LogP contribution in [0.5, 0.6) is 0 Å². The molecular weight excluding hydrogens is 242 g/mol. The second kappa shape index (κ2) is 7.85. The van der Waals surface area contributed by atoms with Crippen LogP contribution in [-0.2, 0) is 14.3 Å². The fraction of sp³-hybridized carbons (Fsp3) is 0.933. The maximum Gasteiger partial charge on any atom is 0.328 e. The number of likely N-dealkylation sites (N-methyl/N-ethyl adjacent to an activating group) is 1. The summed E-state index contributed by atoms with van der Waals surface area (Å²) >= 11 is 0. The first-order valence-electron chi connectivity index (χ1n) is 7.57. The molecule has 19 heavy (non-hydrogen) atoms. The first-order valence-corrected chi connectivity index (χ1v) is 7.57. The van der Waals surface area contributed by atoms with Gasteiger partial charge in [-0.25, -0.2) is 4.79 Å². The summed E-state index contributed by atoms with van der Waals surface area (Å²) in [6.07, 6.45) is 5.13. The SMILES string of the molecule is CCNC(C)(COC1CCCCC1C)C(=O)OCC. The van der Waals surface area contributed by atoms with Crippen LogP contribution in [-0.4, -0.2) is 37.4 Å². The summed E-state index contributed by atoms with van der Waals surface area (Å²) in [5.74, 6) is 0.363. The van der Waals surface area contributed by atoms with Gasteiger partial charge in [-0.3, -0.25) is 0 Å². The molecule has 1 fully saturated rings. The van der Waals surface area contributed by atoms with E-state index in [0.29, 0.717) is 19.1 Å². The fourth-order valence-electron chi connectivity index (χ4n) is 2.67. The zero-order chi connectivity index (χ0) is 14.3. The van der Waals surface area contributed by atoms with Crippen LogP contribution >= 0.6 is 0 Å². The third-order valence-electron chi connectivity index (χ3n) is 3.91. The quantitative estimate of drug-likeness (QED) is 0.723. The molecule has 0 heterocycles. The summed E-state index contributed by atoms with van der Waals surface area (Å²) in [5.41, 5.74) is -0.734. The lowest BCUT2D eigenvalue weighted by Crippen LogP contribution is -2.54. The van der Waals surface area contributed by atoms with Gasteiger partial charge in [0.05, 0.1) is 19.3 Å². The van der Waals surface area contributed by atoms with Gasteiger partial charge in [0.1, 0.15) is 5.54 Å². The topological polar surface area (TPSA) is 47.6 Å². The Morgan fingerprint density at radius 3 is 2.58 bits per heavy atom. The second-order valence-electron chi connectivity index (χ2n) is 5.69. The highest BCUT2D eigenvalue weighted by Crippen LogP contribution is 2.27. The van der Waals surface area contributed by atoms with Crippen molar-refractivity contribution < 1.29 is 14.3 Å². The number of rotatable bonds is 7. The number of carbonyl (C=O) groups is 1. The molecule has 1 aliphatic carbocycles. The summed E-state index contributed by atoms with van der Waals surface area (Å²) in [7, 11) is 0. The number of nitrogens with one attached hydrogen (secondary N) is 1. The molecule has 4 heteroatoms. The van der Waals surface area contributed by atoms with E-state index >= 15 is 0 Å². The lowest BCUT2D eigenvalue weighted by atomic mass is 9.88. The molecule has 0 bridgehead atoms. The van der Waals surface area contributed by atoms with E-state index in [1.807, 2.05) is 20.8 Å². The average Bonchev–Trinajstić information content (AvgIpc) is 2.38. The third-order valence-corrected chi connectivity index (χ3v) is 3.91. The van der Waals surface area contributed by atoms with Crippen molar-refractivity contribution in [2.75, 3.05) is 19.8 Å². The van der Waals surface area contributed by atoms with Gasteiger partial charge in [-0.1, -0.05) is 26.7 Å². The minimum absolute atomic E-state index is 0.222. The highest BCUT2D eigenvalue weighted by atomic mass is 16.5. The summed E-state index contributed by atoms with van der Waals surface area (Å²) in [4.78, 5) is 12.0. The minimum Gasteiger partial charge on any atom is -0.465 e. The van der Waals surface area contributed by atoms with Crippen molar-refractivity contribution in [3.05, 3.63) is 0 Å². The predicted octanol–water partition coefficient (Wildman–Crippen LogP) is 2.51. The van der Waals surface area contributed by atoms with E-state index in [1.54, 1.807) is 0 Å². The summed E-state index contributed by atoms with van der Waals surface area (Å²) < 4.78 is 11.2. The van der Waals surface area contributed by atoms with Crippen LogP contribution in [0.3, 0.4) is 0 Å². The summed E-state index contributed by atoms with van der Waals surface area (Å²) in [5, 5.41) is 3.20. The molecule has 0 aromatic carbocycles. The smallest absolute Gasteiger partial charge is 0.328 e. The largest absolute Gasteiger partial charge is 0.465 e. The van der Waals surface area contributed by atoms with Crippen molar-refractivity contribution in [3.8, 4) is 0 Å². The van der Waals surface area contributed by atoms with Gasteiger partial charge < -0.3 is 14.8 Å². The first kappa shape index (κ1) is 16.4. The second-order valence-corrected chi connectivity index (χ2v) is 5.69. The van der Waals surface area contributed by atoms with Gasteiger partial charge >= 0.3 is 5.97 Å². The van der Waals surface area contributed by atoms with Crippen molar-refractivity contribution in [1.82, 2.24) is 5.32 Å². The highest BCUT2D eigenvalue weighted by molar-refractivity contribution is 5.80. The van der Waals surface area contributed by atoms with E-state index in [0.717, 1.165) is 13.0 Å². The standard InChI is InChI=1S/C15H29NO3/c1-5-16-15(4,14(17)18-6-2)11-19-13-10-8-7-9-12(13)3/h12-13,16H,5-11H2,1-4H3. The average molecular weight is 271 g/mol. The summed E-state index contributed by atoms with van der Waals surface area (Å²) in [6.45, 7) is 9.42. The molecule has 3 atom stereocenters. The van der Waals surface area contributed by atoms with E-state index in [9.17, 15) is 4.79 Å².